The Bertz CT molecular complexity index is 593. The van der Waals surface area contributed by atoms with Crippen LogP contribution in [0.15, 0.2) is 11.7 Å². The first-order valence-electron chi connectivity index (χ1n) is 7.21. The molecule has 0 fully saturated rings. The molecular weight excluding hydrogens is 268 g/mol. The third-order valence-electron chi connectivity index (χ3n) is 3.76. The molecule has 0 aromatic carbocycles. The molecule has 0 N–H and O–H groups in total. The molecule has 1 aliphatic rings. The number of hydrogen-bond acceptors (Lipinski definition) is 5. The van der Waals surface area contributed by atoms with E-state index in [0.717, 1.165) is 50.4 Å². The van der Waals surface area contributed by atoms with Gasteiger partial charge in [-0.15, -0.1) is 11.3 Å². The van der Waals surface area contributed by atoms with Gasteiger partial charge in [-0.3, -0.25) is 4.90 Å². The lowest BCUT2D eigenvalue weighted by atomic mass is 10.1. The van der Waals surface area contributed by atoms with Crippen LogP contribution in [-0.4, -0.2) is 26.4 Å². The number of fused-ring (bicyclic) bond motifs is 1. The summed E-state index contributed by atoms with van der Waals surface area (Å²) in [5.74, 6) is 0.988. The van der Waals surface area contributed by atoms with Crippen LogP contribution in [0.2, 0.25) is 0 Å². The van der Waals surface area contributed by atoms with Crippen molar-refractivity contribution in [2.75, 3.05) is 6.54 Å². The van der Waals surface area contributed by atoms with Gasteiger partial charge in [0, 0.05) is 37.1 Å². The van der Waals surface area contributed by atoms with Crippen molar-refractivity contribution < 1.29 is 0 Å². The van der Waals surface area contributed by atoms with E-state index in [1.165, 1.54) is 16.1 Å². The van der Waals surface area contributed by atoms with Gasteiger partial charge in [0.2, 0.25) is 0 Å². The number of rotatable bonds is 4. The molecule has 106 valence electrons. The zero-order valence-electron chi connectivity index (χ0n) is 12.1. The predicted molar refractivity (Wildman–Crippen MR) is 80.7 cm³/mol. The fraction of sp³-hybridized carbons (Fsp3) is 0.533. The molecular formula is C15H20N4S. The largest absolute Gasteiger partial charge is 0.292 e. The molecule has 0 saturated heterocycles. The van der Waals surface area contributed by atoms with Gasteiger partial charge >= 0.3 is 0 Å². The predicted octanol–water partition coefficient (Wildman–Crippen LogP) is 2.75. The van der Waals surface area contributed by atoms with E-state index in [-0.39, 0.29) is 0 Å². The van der Waals surface area contributed by atoms with Gasteiger partial charge in [-0.05, 0) is 25.3 Å². The van der Waals surface area contributed by atoms with Crippen molar-refractivity contribution in [1.29, 1.82) is 0 Å². The summed E-state index contributed by atoms with van der Waals surface area (Å²) in [5, 5.41) is 0. The van der Waals surface area contributed by atoms with Gasteiger partial charge in [0.1, 0.15) is 5.82 Å². The molecule has 0 saturated carbocycles. The van der Waals surface area contributed by atoms with Crippen molar-refractivity contribution >= 4 is 11.3 Å². The first-order valence-corrected chi connectivity index (χ1v) is 8.09. The first kappa shape index (κ1) is 13.6. The van der Waals surface area contributed by atoms with E-state index in [4.69, 9.17) is 4.98 Å². The Morgan fingerprint density at radius 1 is 1.35 bits per heavy atom. The summed E-state index contributed by atoms with van der Waals surface area (Å²) in [6.45, 7) is 7.27. The minimum absolute atomic E-state index is 0.936. The topological polar surface area (TPSA) is 41.9 Å². The van der Waals surface area contributed by atoms with Crippen molar-refractivity contribution in [2.24, 2.45) is 0 Å². The standard InChI is InChI=1S/C15H20N4S/c1-3-4-15-16-7-12-5-6-19(8-13(12)18-15)9-14-11(2)17-10-20-14/h7,10H,3-6,8-9H2,1-2H3. The minimum Gasteiger partial charge on any atom is -0.292 e. The summed E-state index contributed by atoms with van der Waals surface area (Å²) in [4.78, 5) is 17.4. The van der Waals surface area contributed by atoms with Gasteiger partial charge in [-0.25, -0.2) is 15.0 Å². The van der Waals surface area contributed by atoms with Crippen LogP contribution in [-0.2, 0) is 25.9 Å². The monoisotopic (exact) mass is 288 g/mol. The van der Waals surface area contributed by atoms with Crippen molar-refractivity contribution in [3.63, 3.8) is 0 Å². The van der Waals surface area contributed by atoms with Gasteiger partial charge in [0.15, 0.2) is 0 Å². The zero-order valence-corrected chi connectivity index (χ0v) is 12.9. The van der Waals surface area contributed by atoms with Crippen LogP contribution in [0.4, 0.5) is 0 Å². The van der Waals surface area contributed by atoms with E-state index in [1.807, 2.05) is 11.7 Å². The van der Waals surface area contributed by atoms with Crippen LogP contribution in [0.3, 0.4) is 0 Å². The maximum absolute atomic E-state index is 4.74. The highest BCUT2D eigenvalue weighted by molar-refractivity contribution is 7.09. The van der Waals surface area contributed by atoms with E-state index in [1.54, 1.807) is 11.3 Å². The highest BCUT2D eigenvalue weighted by Gasteiger charge is 2.19. The average molecular weight is 288 g/mol. The van der Waals surface area contributed by atoms with E-state index < -0.39 is 0 Å². The van der Waals surface area contributed by atoms with E-state index in [9.17, 15) is 0 Å². The smallest absolute Gasteiger partial charge is 0.128 e. The minimum atomic E-state index is 0.936. The Labute approximate surface area is 123 Å². The molecule has 5 heteroatoms. The van der Waals surface area contributed by atoms with E-state index >= 15 is 0 Å². The highest BCUT2D eigenvalue weighted by Crippen LogP contribution is 2.21. The summed E-state index contributed by atoms with van der Waals surface area (Å²) in [6.07, 6.45) is 5.16. The van der Waals surface area contributed by atoms with Crippen LogP contribution in [0.5, 0.6) is 0 Å². The molecule has 0 radical (unpaired) electrons. The summed E-state index contributed by atoms with van der Waals surface area (Å²) < 4.78 is 0. The maximum atomic E-state index is 4.74. The molecule has 0 atom stereocenters. The second-order valence-electron chi connectivity index (χ2n) is 5.33. The average Bonchev–Trinajstić information content (AvgIpc) is 2.84. The number of nitrogens with zero attached hydrogens (tertiary/aromatic N) is 4. The number of aromatic nitrogens is 3. The van der Waals surface area contributed by atoms with Crippen LogP contribution in [0.1, 0.15) is 41.0 Å². The molecule has 20 heavy (non-hydrogen) atoms. The van der Waals surface area contributed by atoms with Crippen molar-refractivity contribution in [1.82, 2.24) is 19.9 Å². The molecule has 2 aromatic rings. The van der Waals surface area contributed by atoms with Gasteiger partial charge in [-0.1, -0.05) is 6.92 Å². The molecule has 0 aliphatic carbocycles. The van der Waals surface area contributed by atoms with Gasteiger partial charge < -0.3 is 0 Å². The van der Waals surface area contributed by atoms with Crippen LogP contribution >= 0.6 is 11.3 Å². The number of aryl methyl sites for hydroxylation is 2. The third kappa shape index (κ3) is 2.88. The summed E-state index contributed by atoms with van der Waals surface area (Å²) in [6, 6.07) is 0. The lowest BCUT2D eigenvalue weighted by molar-refractivity contribution is 0.242. The SMILES string of the molecule is CCCc1ncc2c(n1)CN(Cc1scnc1C)CC2. The van der Waals surface area contributed by atoms with Crippen molar-refractivity contribution in [2.45, 2.75) is 46.2 Å². The molecule has 0 unspecified atom stereocenters. The molecule has 0 bridgehead atoms. The summed E-state index contributed by atoms with van der Waals surface area (Å²) in [5.41, 5.74) is 5.64. The summed E-state index contributed by atoms with van der Waals surface area (Å²) in [7, 11) is 0. The Balaban J connectivity index is 1.73. The Kier molecular flexibility index (Phi) is 4.08. The second-order valence-corrected chi connectivity index (χ2v) is 6.27. The molecule has 0 spiro atoms. The molecule has 3 rings (SSSR count). The molecule has 4 nitrogen and oxygen atoms in total. The fourth-order valence-electron chi connectivity index (χ4n) is 2.56. The maximum Gasteiger partial charge on any atom is 0.128 e. The van der Waals surface area contributed by atoms with Gasteiger partial charge in [-0.2, -0.15) is 0 Å². The molecule has 1 aliphatic heterocycles. The Morgan fingerprint density at radius 3 is 3.00 bits per heavy atom. The Morgan fingerprint density at radius 2 is 2.25 bits per heavy atom. The third-order valence-corrected chi connectivity index (χ3v) is 4.68. The Hall–Kier alpha value is -1.33. The number of thiazole rings is 1. The lowest BCUT2D eigenvalue weighted by Gasteiger charge is -2.27. The van der Waals surface area contributed by atoms with E-state index in [0.29, 0.717) is 0 Å². The summed E-state index contributed by atoms with van der Waals surface area (Å²) >= 11 is 1.75. The fourth-order valence-corrected chi connectivity index (χ4v) is 3.38. The zero-order chi connectivity index (χ0) is 13.9. The molecule has 0 amide bonds. The van der Waals surface area contributed by atoms with Crippen LogP contribution < -0.4 is 0 Å². The van der Waals surface area contributed by atoms with Crippen molar-refractivity contribution in [3.05, 3.63) is 39.4 Å². The molecule has 3 heterocycles. The molecule has 2 aromatic heterocycles. The quantitative estimate of drug-likeness (QED) is 0.867. The first-order chi connectivity index (χ1) is 9.76. The van der Waals surface area contributed by atoms with Crippen molar-refractivity contribution in [3.8, 4) is 0 Å². The second kappa shape index (κ2) is 5.97. The van der Waals surface area contributed by atoms with Gasteiger partial charge in [0.25, 0.3) is 0 Å². The van der Waals surface area contributed by atoms with Crippen LogP contribution in [0.25, 0.3) is 0 Å². The number of hydrogen-bond donors (Lipinski definition) is 0. The lowest BCUT2D eigenvalue weighted by Crippen LogP contribution is -2.31. The van der Waals surface area contributed by atoms with Crippen LogP contribution in [0, 0.1) is 6.92 Å². The highest BCUT2D eigenvalue weighted by atomic mass is 32.1. The van der Waals surface area contributed by atoms with Gasteiger partial charge in [0.05, 0.1) is 16.9 Å². The normalized spacial score (nSPS) is 15.3. The van der Waals surface area contributed by atoms with E-state index in [2.05, 4.69) is 28.7 Å².